The Bertz CT molecular complexity index is 329. The molecule has 0 fully saturated rings. The van der Waals surface area contributed by atoms with Gasteiger partial charge in [0.2, 0.25) is 0 Å². The molecule has 0 spiro atoms. The number of hydrogen-bond acceptors (Lipinski definition) is 3. The summed E-state index contributed by atoms with van der Waals surface area (Å²) in [5.41, 5.74) is 0.930. The minimum atomic E-state index is 0.350. The number of rotatable bonds is 6. The van der Waals surface area contributed by atoms with E-state index in [9.17, 15) is 5.11 Å². The molecule has 0 amide bonds. The second-order valence-corrected chi connectivity index (χ2v) is 5.02. The molecular formula is C12H19BrN2O. The molecule has 0 heterocycles. The minimum absolute atomic E-state index is 0.350. The van der Waals surface area contributed by atoms with Crippen LogP contribution < -0.4 is 5.32 Å². The van der Waals surface area contributed by atoms with Crippen LogP contribution in [0.15, 0.2) is 22.7 Å². The lowest BCUT2D eigenvalue weighted by atomic mass is 10.2. The number of benzene rings is 1. The Morgan fingerprint density at radius 3 is 2.81 bits per heavy atom. The second-order valence-electron chi connectivity index (χ2n) is 4.11. The lowest BCUT2D eigenvalue weighted by Gasteiger charge is -2.10. The van der Waals surface area contributed by atoms with E-state index in [1.54, 1.807) is 6.07 Å². The van der Waals surface area contributed by atoms with Gasteiger partial charge in [-0.2, -0.15) is 0 Å². The number of phenols is 1. The topological polar surface area (TPSA) is 35.5 Å². The molecule has 0 aliphatic heterocycles. The Morgan fingerprint density at radius 1 is 1.38 bits per heavy atom. The molecule has 1 aromatic rings. The summed E-state index contributed by atoms with van der Waals surface area (Å²) in [7, 11) is 4.14. The Balaban J connectivity index is 2.29. The van der Waals surface area contributed by atoms with E-state index in [4.69, 9.17) is 0 Å². The zero-order valence-electron chi connectivity index (χ0n) is 9.83. The number of nitrogens with one attached hydrogen (secondary N) is 1. The molecular weight excluding hydrogens is 268 g/mol. The van der Waals surface area contributed by atoms with Crippen LogP contribution in [-0.4, -0.2) is 37.2 Å². The number of aromatic hydroxyl groups is 1. The van der Waals surface area contributed by atoms with Gasteiger partial charge in [-0.25, -0.2) is 0 Å². The fourth-order valence-electron chi connectivity index (χ4n) is 1.44. The molecule has 90 valence electrons. The first-order valence-electron chi connectivity index (χ1n) is 5.42. The van der Waals surface area contributed by atoms with Crippen molar-refractivity contribution in [2.45, 2.75) is 13.0 Å². The van der Waals surface area contributed by atoms with Crippen LogP contribution in [0.1, 0.15) is 12.0 Å². The quantitative estimate of drug-likeness (QED) is 0.787. The van der Waals surface area contributed by atoms with Gasteiger partial charge in [0.05, 0.1) is 0 Å². The van der Waals surface area contributed by atoms with Gasteiger partial charge in [0.1, 0.15) is 5.75 Å². The van der Waals surface area contributed by atoms with Crippen molar-refractivity contribution in [1.82, 2.24) is 10.2 Å². The Labute approximate surface area is 106 Å². The van der Waals surface area contributed by atoms with Crippen molar-refractivity contribution < 1.29 is 5.11 Å². The van der Waals surface area contributed by atoms with Crippen molar-refractivity contribution in [3.63, 3.8) is 0 Å². The summed E-state index contributed by atoms with van der Waals surface area (Å²) < 4.78 is 0.996. The fraction of sp³-hybridized carbons (Fsp3) is 0.500. The summed E-state index contributed by atoms with van der Waals surface area (Å²) >= 11 is 3.39. The van der Waals surface area contributed by atoms with E-state index in [1.165, 1.54) is 0 Å². The highest BCUT2D eigenvalue weighted by Crippen LogP contribution is 2.21. The van der Waals surface area contributed by atoms with Gasteiger partial charge >= 0.3 is 0 Å². The predicted octanol–water partition coefficient (Wildman–Crippen LogP) is 2.20. The molecule has 16 heavy (non-hydrogen) atoms. The Morgan fingerprint density at radius 2 is 2.12 bits per heavy atom. The number of hydrogen-bond donors (Lipinski definition) is 2. The van der Waals surface area contributed by atoms with E-state index in [0.29, 0.717) is 12.3 Å². The Hall–Kier alpha value is -0.580. The maximum absolute atomic E-state index is 9.61. The van der Waals surface area contributed by atoms with Crippen LogP contribution in [0.3, 0.4) is 0 Å². The van der Waals surface area contributed by atoms with Crippen LogP contribution >= 0.6 is 15.9 Å². The van der Waals surface area contributed by atoms with Gasteiger partial charge in [-0.3, -0.25) is 0 Å². The minimum Gasteiger partial charge on any atom is -0.508 e. The molecule has 1 aromatic carbocycles. The average molecular weight is 287 g/mol. The highest BCUT2D eigenvalue weighted by molar-refractivity contribution is 9.10. The molecule has 0 aliphatic carbocycles. The van der Waals surface area contributed by atoms with Gasteiger partial charge in [0.25, 0.3) is 0 Å². The lowest BCUT2D eigenvalue weighted by Crippen LogP contribution is -2.21. The highest BCUT2D eigenvalue weighted by atomic mass is 79.9. The highest BCUT2D eigenvalue weighted by Gasteiger charge is 2.01. The van der Waals surface area contributed by atoms with E-state index in [-0.39, 0.29) is 0 Å². The van der Waals surface area contributed by atoms with Crippen LogP contribution in [-0.2, 0) is 6.54 Å². The first-order chi connectivity index (χ1) is 7.59. The van der Waals surface area contributed by atoms with Crippen LogP contribution in [0.2, 0.25) is 0 Å². The van der Waals surface area contributed by atoms with Gasteiger partial charge in [0, 0.05) is 16.6 Å². The average Bonchev–Trinajstić information content (AvgIpc) is 2.22. The van der Waals surface area contributed by atoms with Crippen molar-refractivity contribution in [2.24, 2.45) is 0 Å². The van der Waals surface area contributed by atoms with E-state index >= 15 is 0 Å². The molecule has 0 atom stereocenters. The first-order valence-corrected chi connectivity index (χ1v) is 6.21. The van der Waals surface area contributed by atoms with Crippen molar-refractivity contribution in [3.8, 4) is 5.75 Å². The first kappa shape index (κ1) is 13.5. The zero-order chi connectivity index (χ0) is 12.0. The number of phenolic OH excluding ortho intramolecular Hbond substituents is 1. The van der Waals surface area contributed by atoms with Gasteiger partial charge < -0.3 is 15.3 Å². The predicted molar refractivity (Wildman–Crippen MR) is 70.7 cm³/mol. The summed E-state index contributed by atoms with van der Waals surface area (Å²) in [6.45, 7) is 2.75. The van der Waals surface area contributed by atoms with Crippen LogP contribution in [0, 0.1) is 0 Å². The van der Waals surface area contributed by atoms with Crippen LogP contribution in [0.5, 0.6) is 5.75 Å². The summed E-state index contributed by atoms with van der Waals surface area (Å²) in [4.78, 5) is 2.16. The molecule has 4 heteroatoms. The third kappa shape index (κ3) is 4.96. The normalized spacial score (nSPS) is 11.0. The molecule has 2 N–H and O–H groups in total. The van der Waals surface area contributed by atoms with E-state index in [2.05, 4.69) is 40.2 Å². The number of halogens is 1. The molecule has 0 radical (unpaired) electrons. The second kappa shape index (κ2) is 6.89. The molecule has 0 aromatic heterocycles. The maximum Gasteiger partial charge on any atom is 0.120 e. The Kier molecular flexibility index (Phi) is 5.80. The van der Waals surface area contributed by atoms with Gasteiger partial charge in [-0.05, 0) is 51.8 Å². The van der Waals surface area contributed by atoms with Crippen molar-refractivity contribution in [3.05, 3.63) is 28.2 Å². The molecule has 0 bridgehead atoms. The molecule has 0 saturated heterocycles. The number of nitrogens with zero attached hydrogens (tertiary/aromatic N) is 1. The van der Waals surface area contributed by atoms with E-state index in [1.807, 2.05) is 12.1 Å². The third-order valence-electron chi connectivity index (χ3n) is 2.32. The van der Waals surface area contributed by atoms with E-state index in [0.717, 1.165) is 29.5 Å². The molecule has 0 unspecified atom stereocenters. The van der Waals surface area contributed by atoms with Gasteiger partial charge in [-0.1, -0.05) is 15.9 Å². The summed E-state index contributed by atoms with van der Waals surface area (Å²) in [5, 5.41) is 12.9. The molecule has 3 nitrogen and oxygen atoms in total. The smallest absolute Gasteiger partial charge is 0.120 e. The van der Waals surface area contributed by atoms with Crippen LogP contribution in [0.4, 0.5) is 0 Å². The van der Waals surface area contributed by atoms with Gasteiger partial charge in [-0.15, -0.1) is 0 Å². The van der Waals surface area contributed by atoms with Gasteiger partial charge in [0.15, 0.2) is 0 Å². The van der Waals surface area contributed by atoms with Crippen molar-refractivity contribution in [1.29, 1.82) is 0 Å². The third-order valence-corrected chi connectivity index (χ3v) is 2.81. The summed E-state index contributed by atoms with van der Waals surface area (Å²) in [6.07, 6.45) is 1.11. The van der Waals surface area contributed by atoms with Crippen molar-refractivity contribution >= 4 is 15.9 Å². The SMILES string of the molecule is CN(C)CCCNCc1cc(Br)ccc1O. The largest absolute Gasteiger partial charge is 0.508 e. The molecule has 0 saturated carbocycles. The summed E-state index contributed by atoms with van der Waals surface area (Å²) in [6, 6.07) is 5.49. The monoisotopic (exact) mass is 286 g/mol. The summed E-state index contributed by atoms with van der Waals surface area (Å²) in [5.74, 6) is 0.350. The fourth-order valence-corrected chi connectivity index (χ4v) is 1.85. The molecule has 0 aliphatic rings. The maximum atomic E-state index is 9.61. The lowest BCUT2D eigenvalue weighted by molar-refractivity contribution is 0.393. The standard InChI is InChI=1S/C12H19BrN2O/c1-15(2)7-3-6-14-9-10-8-11(13)4-5-12(10)16/h4-5,8,14,16H,3,6-7,9H2,1-2H3. The molecule has 1 rings (SSSR count). The van der Waals surface area contributed by atoms with Crippen LogP contribution in [0.25, 0.3) is 0 Å². The van der Waals surface area contributed by atoms with Crippen molar-refractivity contribution in [2.75, 3.05) is 27.2 Å². The zero-order valence-corrected chi connectivity index (χ0v) is 11.4. The van der Waals surface area contributed by atoms with E-state index < -0.39 is 0 Å².